The highest BCUT2D eigenvalue weighted by molar-refractivity contribution is 7.99. The van der Waals surface area contributed by atoms with E-state index in [1.807, 2.05) is 17.0 Å². The van der Waals surface area contributed by atoms with E-state index in [0.717, 1.165) is 41.6 Å². The summed E-state index contributed by atoms with van der Waals surface area (Å²) in [5.41, 5.74) is 2.90. The summed E-state index contributed by atoms with van der Waals surface area (Å²) < 4.78 is 2.33. The molecule has 1 atom stereocenters. The molecule has 176 valence electrons. The number of piperidine rings is 1. The Morgan fingerprint density at radius 2 is 1.97 bits per heavy atom. The molecule has 0 bridgehead atoms. The Balaban J connectivity index is 1.53. The van der Waals surface area contributed by atoms with Crippen LogP contribution < -0.4 is 5.56 Å². The summed E-state index contributed by atoms with van der Waals surface area (Å²) in [5, 5.41) is 1.47. The molecule has 34 heavy (non-hydrogen) atoms. The monoisotopic (exact) mass is 492 g/mol. The number of amides is 1. The molecule has 0 aliphatic carbocycles. The van der Waals surface area contributed by atoms with Crippen molar-refractivity contribution in [2.75, 3.05) is 12.3 Å². The number of thioether (sulfide) groups is 1. The molecule has 0 spiro atoms. The molecule has 1 aliphatic rings. The normalized spacial score (nSPS) is 16.4. The van der Waals surface area contributed by atoms with Crippen LogP contribution in [0.3, 0.4) is 0 Å². The van der Waals surface area contributed by atoms with E-state index in [9.17, 15) is 9.59 Å². The summed E-state index contributed by atoms with van der Waals surface area (Å²) in [4.78, 5) is 38.8. The van der Waals surface area contributed by atoms with Gasteiger partial charge in [0.2, 0.25) is 5.91 Å². The van der Waals surface area contributed by atoms with Crippen molar-refractivity contribution in [1.29, 1.82) is 0 Å². The van der Waals surface area contributed by atoms with Crippen molar-refractivity contribution < 1.29 is 4.79 Å². The number of benzene rings is 1. The van der Waals surface area contributed by atoms with Crippen LogP contribution in [0.25, 0.3) is 20.4 Å². The number of rotatable bonds is 6. The topological polar surface area (TPSA) is 68.1 Å². The fourth-order valence-electron chi connectivity index (χ4n) is 4.53. The van der Waals surface area contributed by atoms with Crippen molar-refractivity contribution >= 4 is 49.4 Å². The van der Waals surface area contributed by atoms with Gasteiger partial charge in [0.25, 0.3) is 5.56 Å². The van der Waals surface area contributed by atoms with Crippen molar-refractivity contribution in [3.63, 3.8) is 0 Å². The minimum Gasteiger partial charge on any atom is -0.339 e. The molecule has 1 amide bonds. The van der Waals surface area contributed by atoms with Crippen LogP contribution in [0.2, 0.25) is 0 Å². The van der Waals surface area contributed by atoms with Crippen LogP contribution in [0, 0.1) is 0 Å². The molecule has 8 heteroatoms. The minimum absolute atomic E-state index is 0.0751. The van der Waals surface area contributed by atoms with Crippen LogP contribution in [0.1, 0.15) is 44.2 Å². The molecule has 4 aromatic rings. The van der Waals surface area contributed by atoms with E-state index < -0.39 is 0 Å². The smallest absolute Gasteiger partial charge is 0.272 e. The lowest BCUT2D eigenvalue weighted by atomic mass is 10.0. The first-order valence-corrected chi connectivity index (χ1v) is 13.6. The highest BCUT2D eigenvalue weighted by Gasteiger charge is 2.24. The highest BCUT2D eigenvalue weighted by atomic mass is 32.2. The third-order valence-corrected chi connectivity index (χ3v) is 8.59. The van der Waals surface area contributed by atoms with Gasteiger partial charge in [-0.2, -0.15) is 0 Å². The number of pyridine rings is 1. The summed E-state index contributed by atoms with van der Waals surface area (Å²) in [6.45, 7) is 5.47. The summed E-state index contributed by atoms with van der Waals surface area (Å²) in [6.07, 6.45) is 5.98. The molecule has 5 rings (SSSR count). The number of likely N-dealkylation sites (tertiary alicyclic amines) is 1. The summed E-state index contributed by atoms with van der Waals surface area (Å²) in [7, 11) is 0. The van der Waals surface area contributed by atoms with E-state index in [-0.39, 0.29) is 23.3 Å². The van der Waals surface area contributed by atoms with Gasteiger partial charge in [-0.25, -0.2) is 9.97 Å². The molecule has 3 aromatic heterocycles. The first-order valence-electron chi connectivity index (χ1n) is 11.8. The quantitative estimate of drug-likeness (QED) is 0.276. The van der Waals surface area contributed by atoms with Crippen molar-refractivity contribution in [2.45, 2.75) is 57.3 Å². The molecule has 1 aromatic carbocycles. The molecule has 0 N–H and O–H groups in total. The molecule has 1 saturated heterocycles. The van der Waals surface area contributed by atoms with Gasteiger partial charge in [-0.1, -0.05) is 43.0 Å². The van der Waals surface area contributed by atoms with Gasteiger partial charge < -0.3 is 4.90 Å². The van der Waals surface area contributed by atoms with E-state index in [1.54, 1.807) is 10.8 Å². The average Bonchev–Trinajstić information content (AvgIpc) is 3.24. The minimum atomic E-state index is -0.0751. The largest absolute Gasteiger partial charge is 0.339 e. The third-order valence-electron chi connectivity index (χ3n) is 6.54. The zero-order chi connectivity index (χ0) is 23.7. The Kier molecular flexibility index (Phi) is 6.70. The maximum atomic E-state index is 13.6. The lowest BCUT2D eigenvalue weighted by Crippen LogP contribution is -2.43. The first kappa shape index (κ1) is 23.1. The maximum absolute atomic E-state index is 13.6. The summed E-state index contributed by atoms with van der Waals surface area (Å²) in [6, 6.07) is 12.4. The number of carbonyl (C=O) groups excluding carboxylic acids is 1. The van der Waals surface area contributed by atoms with Gasteiger partial charge in [-0.15, -0.1) is 11.3 Å². The van der Waals surface area contributed by atoms with Gasteiger partial charge in [0, 0.05) is 24.2 Å². The van der Waals surface area contributed by atoms with E-state index in [1.165, 1.54) is 35.1 Å². The molecule has 0 saturated carbocycles. The van der Waals surface area contributed by atoms with Crippen LogP contribution >= 0.6 is 23.1 Å². The lowest BCUT2D eigenvalue weighted by Gasteiger charge is -2.33. The van der Waals surface area contributed by atoms with Gasteiger partial charge >= 0.3 is 0 Å². The van der Waals surface area contributed by atoms with Crippen molar-refractivity contribution in [1.82, 2.24) is 19.4 Å². The first-order chi connectivity index (χ1) is 16.5. The number of nitrogens with zero attached hydrogens (tertiary/aromatic N) is 4. The molecule has 4 heterocycles. The highest BCUT2D eigenvalue weighted by Crippen LogP contribution is 2.31. The second-order valence-corrected chi connectivity index (χ2v) is 10.8. The van der Waals surface area contributed by atoms with Crippen molar-refractivity contribution in [3.05, 3.63) is 64.1 Å². The van der Waals surface area contributed by atoms with Gasteiger partial charge in [-0.3, -0.25) is 14.2 Å². The number of hydrogen-bond donors (Lipinski definition) is 0. The second kappa shape index (κ2) is 9.88. The van der Waals surface area contributed by atoms with E-state index >= 15 is 0 Å². The number of carbonyl (C=O) groups is 1. The Morgan fingerprint density at radius 1 is 1.18 bits per heavy atom. The Bertz CT molecular complexity index is 1390. The van der Waals surface area contributed by atoms with E-state index in [0.29, 0.717) is 21.9 Å². The van der Waals surface area contributed by atoms with Crippen LogP contribution in [0.5, 0.6) is 0 Å². The van der Waals surface area contributed by atoms with Gasteiger partial charge in [0.1, 0.15) is 9.53 Å². The number of aromatic nitrogens is 3. The van der Waals surface area contributed by atoms with Gasteiger partial charge in [-0.05, 0) is 55.9 Å². The molecular weight excluding hydrogens is 464 g/mol. The molecule has 1 aliphatic heterocycles. The van der Waals surface area contributed by atoms with Gasteiger partial charge in [0.15, 0.2) is 5.16 Å². The Morgan fingerprint density at radius 3 is 2.74 bits per heavy atom. The maximum Gasteiger partial charge on any atom is 0.272 e. The molecular formula is C26H28N4O2S2. The molecule has 0 radical (unpaired) electrons. The zero-order valence-electron chi connectivity index (χ0n) is 19.5. The average molecular weight is 493 g/mol. The Hall–Kier alpha value is -2.71. The number of thiophene rings is 1. The number of fused-ring (bicyclic) bond motifs is 3. The standard InChI is InChI=1S/C26H28N4O2S2/c1-3-18-9-11-19(12-10-18)15-30-25(32)23-22(20-8-6-13-27-24(20)34-23)28-26(30)33-16-21(31)29-14-5-4-7-17(29)2/h6,8-13,17H,3-5,7,14-16H2,1-2H3. The van der Waals surface area contributed by atoms with E-state index in [4.69, 9.17) is 4.98 Å². The molecule has 6 nitrogen and oxygen atoms in total. The SMILES string of the molecule is CCc1ccc(Cn2c(SCC(=O)N3CCCCC3C)nc3c(sc4ncccc43)c2=O)cc1. The lowest BCUT2D eigenvalue weighted by molar-refractivity contribution is -0.131. The fourth-order valence-corrected chi connectivity index (χ4v) is 6.44. The van der Waals surface area contributed by atoms with Gasteiger partial charge in [0.05, 0.1) is 17.8 Å². The van der Waals surface area contributed by atoms with Crippen LogP contribution in [-0.4, -0.2) is 43.7 Å². The van der Waals surface area contributed by atoms with Crippen molar-refractivity contribution in [3.8, 4) is 0 Å². The van der Waals surface area contributed by atoms with Crippen molar-refractivity contribution in [2.24, 2.45) is 0 Å². The predicted molar refractivity (Wildman–Crippen MR) is 140 cm³/mol. The van der Waals surface area contributed by atoms with Crippen LogP contribution in [0.15, 0.2) is 52.5 Å². The molecule has 1 fully saturated rings. The number of hydrogen-bond acceptors (Lipinski definition) is 6. The van der Waals surface area contributed by atoms with E-state index in [2.05, 4.69) is 43.1 Å². The molecule has 1 unspecified atom stereocenters. The number of aryl methyl sites for hydroxylation is 1. The summed E-state index contributed by atoms with van der Waals surface area (Å²) >= 11 is 2.75. The van der Waals surface area contributed by atoms with Crippen LogP contribution in [-0.2, 0) is 17.8 Å². The second-order valence-electron chi connectivity index (χ2n) is 8.81. The Labute approximate surface area is 207 Å². The fraction of sp³-hybridized carbons (Fsp3) is 0.385. The van der Waals surface area contributed by atoms with Crippen LogP contribution in [0.4, 0.5) is 0 Å². The third kappa shape index (κ3) is 4.49. The zero-order valence-corrected chi connectivity index (χ0v) is 21.1. The predicted octanol–water partition coefficient (Wildman–Crippen LogP) is 5.11. The summed E-state index contributed by atoms with van der Waals surface area (Å²) in [5.74, 6) is 0.388.